The first-order valence-corrected chi connectivity index (χ1v) is 5.59. The number of carboxylic acid groups (broad SMARTS) is 1. The lowest BCUT2D eigenvalue weighted by Crippen LogP contribution is -2.14. The second-order valence-electron chi connectivity index (χ2n) is 3.47. The van der Waals surface area contributed by atoms with E-state index in [0.717, 1.165) is 5.13 Å². The summed E-state index contributed by atoms with van der Waals surface area (Å²) in [5, 5.41) is 14.2. The fourth-order valence-electron chi connectivity index (χ4n) is 1.68. The number of rotatable bonds is 3. The number of hydrogen-bond donors (Lipinski definition) is 2. The third kappa shape index (κ3) is 2.04. The number of carboxylic acids is 1. The second kappa shape index (κ2) is 3.96. The maximum Gasteiger partial charge on any atom is 0.355 e. The van der Waals surface area contributed by atoms with E-state index in [0.29, 0.717) is 6.04 Å². The van der Waals surface area contributed by atoms with E-state index in [1.165, 1.54) is 37.0 Å². The van der Waals surface area contributed by atoms with Crippen LogP contribution in [0.5, 0.6) is 0 Å². The minimum Gasteiger partial charge on any atom is -0.476 e. The van der Waals surface area contributed by atoms with Gasteiger partial charge in [0.25, 0.3) is 0 Å². The number of nitrogens with zero attached hydrogens (tertiary/aromatic N) is 1. The van der Waals surface area contributed by atoms with Gasteiger partial charge in [-0.15, -0.1) is 11.3 Å². The van der Waals surface area contributed by atoms with E-state index in [1.54, 1.807) is 5.38 Å². The normalized spacial score (nSPS) is 17.1. The van der Waals surface area contributed by atoms with E-state index < -0.39 is 5.97 Å². The standard InChI is InChI=1S/C9H12N2O2S/c12-8(13)7-5-14-9(11-7)10-6-3-1-2-4-6/h5-6H,1-4H2,(H,10,11)(H,12,13). The van der Waals surface area contributed by atoms with Gasteiger partial charge in [-0.05, 0) is 12.8 Å². The molecule has 76 valence electrons. The van der Waals surface area contributed by atoms with Gasteiger partial charge < -0.3 is 10.4 Å². The predicted octanol–water partition coefficient (Wildman–Crippen LogP) is 2.20. The number of carbonyl (C=O) groups is 1. The van der Waals surface area contributed by atoms with E-state index >= 15 is 0 Å². The molecule has 1 saturated carbocycles. The molecule has 2 rings (SSSR count). The second-order valence-corrected chi connectivity index (χ2v) is 4.33. The minimum atomic E-state index is -0.958. The molecule has 1 aromatic rings. The van der Waals surface area contributed by atoms with Gasteiger partial charge in [-0.1, -0.05) is 12.8 Å². The van der Waals surface area contributed by atoms with E-state index in [4.69, 9.17) is 5.11 Å². The van der Waals surface area contributed by atoms with Gasteiger partial charge in [0.1, 0.15) is 0 Å². The first kappa shape index (κ1) is 9.45. The molecule has 0 atom stereocenters. The molecule has 0 bridgehead atoms. The predicted molar refractivity (Wildman–Crippen MR) is 55.0 cm³/mol. The Morgan fingerprint density at radius 3 is 2.86 bits per heavy atom. The van der Waals surface area contributed by atoms with Crippen LogP contribution in [-0.4, -0.2) is 22.1 Å². The lowest BCUT2D eigenvalue weighted by molar-refractivity contribution is 0.0691. The molecule has 1 fully saturated rings. The Kier molecular flexibility index (Phi) is 2.67. The van der Waals surface area contributed by atoms with Crippen LogP contribution in [0.1, 0.15) is 36.2 Å². The first-order valence-electron chi connectivity index (χ1n) is 4.71. The summed E-state index contributed by atoms with van der Waals surface area (Å²) in [5.74, 6) is -0.958. The molecule has 0 saturated heterocycles. The number of anilines is 1. The van der Waals surface area contributed by atoms with Gasteiger partial charge in [0, 0.05) is 11.4 Å². The molecule has 1 aromatic heterocycles. The smallest absolute Gasteiger partial charge is 0.355 e. The summed E-state index contributed by atoms with van der Waals surface area (Å²) in [6.07, 6.45) is 4.85. The van der Waals surface area contributed by atoms with Gasteiger partial charge in [-0.2, -0.15) is 0 Å². The monoisotopic (exact) mass is 212 g/mol. The molecule has 0 spiro atoms. The maximum absolute atomic E-state index is 10.6. The highest BCUT2D eigenvalue weighted by Crippen LogP contribution is 2.24. The minimum absolute atomic E-state index is 0.135. The fourth-order valence-corrected chi connectivity index (χ4v) is 2.45. The number of aromatic nitrogens is 1. The summed E-state index contributed by atoms with van der Waals surface area (Å²) in [5.41, 5.74) is 0.135. The molecule has 0 aromatic carbocycles. The molecular formula is C9H12N2O2S. The Morgan fingerprint density at radius 1 is 1.57 bits per heavy atom. The van der Waals surface area contributed by atoms with Gasteiger partial charge in [-0.25, -0.2) is 9.78 Å². The van der Waals surface area contributed by atoms with Crippen LogP contribution in [0.2, 0.25) is 0 Å². The zero-order valence-electron chi connectivity index (χ0n) is 7.69. The van der Waals surface area contributed by atoms with Crippen LogP contribution in [0.25, 0.3) is 0 Å². The van der Waals surface area contributed by atoms with E-state index in [9.17, 15) is 4.79 Å². The number of nitrogens with one attached hydrogen (secondary N) is 1. The average molecular weight is 212 g/mol. The Bertz CT molecular complexity index is 331. The Morgan fingerprint density at radius 2 is 2.29 bits per heavy atom. The molecule has 1 heterocycles. The summed E-state index contributed by atoms with van der Waals surface area (Å²) >= 11 is 1.36. The van der Waals surface area contributed by atoms with Crippen molar-refractivity contribution in [3.05, 3.63) is 11.1 Å². The maximum atomic E-state index is 10.6. The summed E-state index contributed by atoms with van der Waals surface area (Å²) < 4.78 is 0. The van der Waals surface area contributed by atoms with Crippen molar-refractivity contribution in [1.82, 2.24) is 4.98 Å². The molecule has 0 unspecified atom stereocenters. The van der Waals surface area contributed by atoms with Gasteiger partial charge in [0.2, 0.25) is 0 Å². The summed E-state index contributed by atoms with van der Waals surface area (Å²) in [6.45, 7) is 0. The zero-order chi connectivity index (χ0) is 9.97. The molecule has 5 heteroatoms. The molecule has 0 aliphatic heterocycles. The van der Waals surface area contributed by atoms with Crippen LogP contribution in [0, 0.1) is 0 Å². The van der Waals surface area contributed by atoms with Gasteiger partial charge in [0.15, 0.2) is 10.8 Å². The number of aromatic carboxylic acids is 1. The Balaban J connectivity index is 1.98. The average Bonchev–Trinajstić information content (AvgIpc) is 2.75. The van der Waals surface area contributed by atoms with Crippen LogP contribution in [0.15, 0.2) is 5.38 Å². The molecule has 2 N–H and O–H groups in total. The number of hydrogen-bond acceptors (Lipinski definition) is 4. The summed E-state index contributed by atoms with van der Waals surface area (Å²) in [7, 11) is 0. The number of thiazole rings is 1. The Labute approximate surface area is 86.0 Å². The van der Waals surface area contributed by atoms with E-state index in [2.05, 4.69) is 10.3 Å². The van der Waals surface area contributed by atoms with Gasteiger partial charge >= 0.3 is 5.97 Å². The van der Waals surface area contributed by atoms with Crippen LogP contribution < -0.4 is 5.32 Å². The van der Waals surface area contributed by atoms with Crippen LogP contribution in [-0.2, 0) is 0 Å². The van der Waals surface area contributed by atoms with Crippen molar-refractivity contribution in [1.29, 1.82) is 0 Å². The van der Waals surface area contributed by atoms with Crippen LogP contribution in [0.3, 0.4) is 0 Å². The van der Waals surface area contributed by atoms with Crippen molar-refractivity contribution < 1.29 is 9.90 Å². The Hall–Kier alpha value is -1.10. The molecule has 0 radical (unpaired) electrons. The topological polar surface area (TPSA) is 62.2 Å². The third-order valence-corrected chi connectivity index (χ3v) is 3.18. The van der Waals surface area contributed by atoms with Crippen LogP contribution >= 0.6 is 11.3 Å². The largest absolute Gasteiger partial charge is 0.476 e. The highest BCUT2D eigenvalue weighted by Gasteiger charge is 2.16. The fraction of sp³-hybridized carbons (Fsp3) is 0.556. The molecule has 1 aliphatic rings. The molecule has 0 amide bonds. The summed E-state index contributed by atoms with van der Waals surface area (Å²) in [4.78, 5) is 14.5. The van der Waals surface area contributed by atoms with Crippen LogP contribution in [0.4, 0.5) is 5.13 Å². The lowest BCUT2D eigenvalue weighted by atomic mass is 10.3. The van der Waals surface area contributed by atoms with Gasteiger partial charge in [-0.3, -0.25) is 0 Å². The molecule has 1 aliphatic carbocycles. The van der Waals surface area contributed by atoms with Crippen molar-refractivity contribution in [2.45, 2.75) is 31.7 Å². The van der Waals surface area contributed by atoms with Crippen molar-refractivity contribution >= 4 is 22.4 Å². The van der Waals surface area contributed by atoms with E-state index in [-0.39, 0.29) is 5.69 Å². The highest BCUT2D eigenvalue weighted by molar-refractivity contribution is 7.13. The first-order chi connectivity index (χ1) is 6.75. The SMILES string of the molecule is O=C(O)c1csc(NC2CCCC2)n1. The molecular weight excluding hydrogens is 200 g/mol. The van der Waals surface area contributed by atoms with Gasteiger partial charge in [0.05, 0.1) is 0 Å². The van der Waals surface area contributed by atoms with Crippen molar-refractivity contribution in [3.63, 3.8) is 0 Å². The lowest BCUT2D eigenvalue weighted by Gasteiger charge is -2.09. The highest BCUT2D eigenvalue weighted by atomic mass is 32.1. The van der Waals surface area contributed by atoms with Crippen molar-refractivity contribution in [2.75, 3.05) is 5.32 Å². The summed E-state index contributed by atoms with van der Waals surface area (Å²) in [6, 6.07) is 0.489. The van der Waals surface area contributed by atoms with E-state index in [1.807, 2.05) is 0 Å². The quantitative estimate of drug-likeness (QED) is 0.806. The molecule has 4 nitrogen and oxygen atoms in total. The third-order valence-electron chi connectivity index (χ3n) is 2.41. The van der Waals surface area contributed by atoms with Crippen molar-refractivity contribution in [3.8, 4) is 0 Å². The molecule has 14 heavy (non-hydrogen) atoms. The zero-order valence-corrected chi connectivity index (χ0v) is 8.51. The van der Waals surface area contributed by atoms with Crippen molar-refractivity contribution in [2.24, 2.45) is 0 Å².